The first kappa shape index (κ1) is 14.1. The Bertz CT molecular complexity index is 311. The van der Waals surface area contributed by atoms with Crippen molar-refractivity contribution in [1.29, 1.82) is 0 Å². The molecule has 0 nitrogen and oxygen atoms in total. The van der Waals surface area contributed by atoms with Gasteiger partial charge in [0.05, 0.1) is 0 Å². The van der Waals surface area contributed by atoms with Gasteiger partial charge in [-0.25, -0.2) is 0 Å². The van der Waals surface area contributed by atoms with E-state index in [0.717, 1.165) is 18.2 Å². The molecule has 0 aromatic heterocycles. The van der Waals surface area contributed by atoms with E-state index in [-0.39, 0.29) is 0 Å². The molecule has 0 spiro atoms. The van der Waals surface area contributed by atoms with Crippen LogP contribution >= 0.6 is 27.5 Å². The molecule has 0 aliphatic heterocycles. The van der Waals surface area contributed by atoms with E-state index in [2.05, 4.69) is 54.0 Å². The zero-order chi connectivity index (χ0) is 12.0. The maximum Gasteiger partial charge on any atom is 0.0255 e. The molecule has 1 aromatic carbocycles. The maximum atomic E-state index is 6.06. The van der Waals surface area contributed by atoms with E-state index >= 15 is 0 Å². The van der Waals surface area contributed by atoms with Gasteiger partial charge in [-0.1, -0.05) is 54.4 Å². The van der Waals surface area contributed by atoms with Crippen molar-refractivity contribution in [3.05, 3.63) is 34.3 Å². The third-order valence-electron chi connectivity index (χ3n) is 3.12. The normalized spacial score (nSPS) is 14.8. The molecule has 2 unspecified atom stereocenters. The van der Waals surface area contributed by atoms with E-state index in [1.165, 1.54) is 22.9 Å². The lowest BCUT2D eigenvalue weighted by Gasteiger charge is -2.18. The van der Waals surface area contributed by atoms with Crippen LogP contribution in [0.4, 0.5) is 0 Å². The summed E-state index contributed by atoms with van der Waals surface area (Å²) in [6, 6.07) is 8.43. The summed E-state index contributed by atoms with van der Waals surface area (Å²) in [6.07, 6.45) is 3.54. The minimum atomic E-state index is 0.593. The SMILES string of the molecule is CCC(C)CC(CCl)Cc1ccccc1Br. The molecule has 0 aliphatic rings. The summed E-state index contributed by atoms with van der Waals surface area (Å²) >= 11 is 9.65. The highest BCUT2D eigenvalue weighted by molar-refractivity contribution is 9.10. The van der Waals surface area contributed by atoms with Gasteiger partial charge in [-0.3, -0.25) is 0 Å². The van der Waals surface area contributed by atoms with Crippen molar-refractivity contribution in [2.75, 3.05) is 5.88 Å². The number of alkyl halides is 1. The number of hydrogen-bond donors (Lipinski definition) is 0. The van der Waals surface area contributed by atoms with Gasteiger partial charge in [-0.2, -0.15) is 0 Å². The zero-order valence-electron chi connectivity index (χ0n) is 10.0. The van der Waals surface area contributed by atoms with Crippen LogP contribution < -0.4 is 0 Å². The van der Waals surface area contributed by atoms with Crippen LogP contribution in [0.25, 0.3) is 0 Å². The molecule has 0 saturated carbocycles. The molecule has 0 N–H and O–H groups in total. The summed E-state index contributed by atoms with van der Waals surface area (Å²) in [6.45, 7) is 4.55. The number of rotatable bonds is 6. The summed E-state index contributed by atoms with van der Waals surface area (Å²) in [5.74, 6) is 2.12. The lowest BCUT2D eigenvalue weighted by Crippen LogP contribution is -2.11. The largest absolute Gasteiger partial charge is 0.126 e. The molecule has 0 radical (unpaired) electrons. The predicted octanol–water partition coefficient (Wildman–Crippen LogP) is 5.28. The molecule has 0 bridgehead atoms. The highest BCUT2D eigenvalue weighted by atomic mass is 79.9. The molecular weight excluding hydrogens is 284 g/mol. The van der Waals surface area contributed by atoms with E-state index in [0.29, 0.717) is 5.92 Å². The summed E-state index contributed by atoms with van der Waals surface area (Å²) in [5.41, 5.74) is 1.37. The van der Waals surface area contributed by atoms with Crippen molar-refractivity contribution in [1.82, 2.24) is 0 Å². The first-order chi connectivity index (χ1) is 7.67. The Morgan fingerprint density at radius 2 is 2.00 bits per heavy atom. The van der Waals surface area contributed by atoms with E-state index in [1.54, 1.807) is 0 Å². The van der Waals surface area contributed by atoms with Gasteiger partial charge in [0, 0.05) is 10.4 Å². The molecule has 2 atom stereocenters. The first-order valence-electron chi connectivity index (χ1n) is 5.96. The minimum Gasteiger partial charge on any atom is -0.126 e. The van der Waals surface area contributed by atoms with Crippen LogP contribution in [0.3, 0.4) is 0 Å². The molecule has 90 valence electrons. The van der Waals surface area contributed by atoms with Crippen molar-refractivity contribution in [2.45, 2.75) is 33.1 Å². The average Bonchev–Trinajstić information content (AvgIpc) is 2.30. The number of hydrogen-bond acceptors (Lipinski definition) is 0. The predicted molar refractivity (Wildman–Crippen MR) is 76.1 cm³/mol. The second-order valence-corrected chi connectivity index (χ2v) is 5.73. The number of halogens is 2. The molecule has 1 aromatic rings. The molecule has 0 fully saturated rings. The van der Waals surface area contributed by atoms with Crippen LogP contribution in [0.2, 0.25) is 0 Å². The Balaban J connectivity index is 2.60. The molecule has 0 amide bonds. The smallest absolute Gasteiger partial charge is 0.0255 e. The zero-order valence-corrected chi connectivity index (χ0v) is 12.4. The topological polar surface area (TPSA) is 0 Å². The fraction of sp³-hybridized carbons (Fsp3) is 0.571. The second-order valence-electron chi connectivity index (χ2n) is 4.56. The summed E-state index contributed by atoms with van der Waals surface area (Å²) in [4.78, 5) is 0. The minimum absolute atomic E-state index is 0.593. The van der Waals surface area contributed by atoms with E-state index < -0.39 is 0 Å². The molecule has 16 heavy (non-hydrogen) atoms. The van der Waals surface area contributed by atoms with E-state index in [1.807, 2.05) is 0 Å². The molecular formula is C14H20BrCl. The van der Waals surface area contributed by atoms with Crippen LogP contribution in [0.15, 0.2) is 28.7 Å². The van der Waals surface area contributed by atoms with Gasteiger partial charge in [-0.05, 0) is 36.3 Å². The van der Waals surface area contributed by atoms with Crippen molar-refractivity contribution in [2.24, 2.45) is 11.8 Å². The highest BCUT2D eigenvalue weighted by Crippen LogP contribution is 2.24. The van der Waals surface area contributed by atoms with Crippen LogP contribution in [0.5, 0.6) is 0 Å². The second kappa shape index (κ2) is 7.34. The molecule has 0 aliphatic carbocycles. The Morgan fingerprint density at radius 1 is 1.31 bits per heavy atom. The average molecular weight is 304 g/mol. The quantitative estimate of drug-likeness (QED) is 0.627. The van der Waals surface area contributed by atoms with Gasteiger partial charge < -0.3 is 0 Å². The number of benzene rings is 1. The highest BCUT2D eigenvalue weighted by Gasteiger charge is 2.13. The van der Waals surface area contributed by atoms with Gasteiger partial charge in [-0.15, -0.1) is 11.6 Å². The molecule has 0 saturated heterocycles. The third kappa shape index (κ3) is 4.47. The first-order valence-corrected chi connectivity index (χ1v) is 7.29. The molecule has 2 heteroatoms. The lowest BCUT2D eigenvalue weighted by atomic mass is 9.90. The Hall–Kier alpha value is -0.0100. The van der Waals surface area contributed by atoms with Gasteiger partial charge in [0.15, 0.2) is 0 Å². The summed E-state index contributed by atoms with van der Waals surface area (Å²) < 4.78 is 1.20. The van der Waals surface area contributed by atoms with Crippen molar-refractivity contribution in [3.63, 3.8) is 0 Å². The van der Waals surface area contributed by atoms with E-state index in [4.69, 9.17) is 11.6 Å². The van der Waals surface area contributed by atoms with Gasteiger partial charge in [0.1, 0.15) is 0 Å². The third-order valence-corrected chi connectivity index (χ3v) is 4.33. The van der Waals surface area contributed by atoms with Crippen LogP contribution in [0.1, 0.15) is 32.3 Å². The fourth-order valence-electron chi connectivity index (χ4n) is 1.91. The van der Waals surface area contributed by atoms with Gasteiger partial charge >= 0.3 is 0 Å². The summed E-state index contributed by atoms with van der Waals surface area (Å²) in [5, 5.41) is 0. The van der Waals surface area contributed by atoms with Crippen molar-refractivity contribution >= 4 is 27.5 Å². The molecule has 1 rings (SSSR count). The van der Waals surface area contributed by atoms with Gasteiger partial charge in [0.2, 0.25) is 0 Å². The van der Waals surface area contributed by atoms with Gasteiger partial charge in [0.25, 0.3) is 0 Å². The van der Waals surface area contributed by atoms with Crippen molar-refractivity contribution in [3.8, 4) is 0 Å². The van der Waals surface area contributed by atoms with Crippen molar-refractivity contribution < 1.29 is 0 Å². The fourth-order valence-corrected chi connectivity index (χ4v) is 2.59. The van der Waals surface area contributed by atoms with Crippen LogP contribution in [-0.4, -0.2) is 5.88 Å². The van der Waals surface area contributed by atoms with Crippen LogP contribution in [-0.2, 0) is 6.42 Å². The Morgan fingerprint density at radius 3 is 2.56 bits per heavy atom. The molecule has 0 heterocycles. The monoisotopic (exact) mass is 302 g/mol. The Kier molecular flexibility index (Phi) is 6.45. The lowest BCUT2D eigenvalue weighted by molar-refractivity contribution is 0.407. The summed E-state index contributed by atoms with van der Waals surface area (Å²) in [7, 11) is 0. The standard InChI is InChI=1S/C14H20BrCl/c1-3-11(2)8-12(10-16)9-13-6-4-5-7-14(13)15/h4-7,11-12H,3,8-10H2,1-2H3. The van der Waals surface area contributed by atoms with E-state index in [9.17, 15) is 0 Å². The Labute approximate surface area is 113 Å². The maximum absolute atomic E-state index is 6.06. The van der Waals surface area contributed by atoms with Crippen LogP contribution in [0, 0.1) is 11.8 Å².